The highest BCUT2D eigenvalue weighted by molar-refractivity contribution is 7.89. The summed E-state index contributed by atoms with van der Waals surface area (Å²) in [5, 5.41) is 0. The fourth-order valence-electron chi connectivity index (χ4n) is 1.83. The third-order valence-electron chi connectivity index (χ3n) is 3.19. The van der Waals surface area contributed by atoms with Crippen LogP contribution in [0.25, 0.3) is 0 Å². The molecule has 1 aromatic rings. The number of hydrogen-bond donors (Lipinski definition) is 1. The van der Waals surface area contributed by atoms with Gasteiger partial charge in [0.2, 0.25) is 10.0 Å². The fourth-order valence-corrected chi connectivity index (χ4v) is 2.85. The highest BCUT2D eigenvalue weighted by Crippen LogP contribution is 2.10. The van der Waals surface area contributed by atoms with Gasteiger partial charge in [0.1, 0.15) is 0 Å². The van der Waals surface area contributed by atoms with E-state index in [1.54, 1.807) is 0 Å². The van der Waals surface area contributed by atoms with Crippen molar-refractivity contribution in [2.24, 2.45) is 0 Å². The van der Waals surface area contributed by atoms with Gasteiger partial charge in [0.25, 0.3) is 0 Å². The van der Waals surface area contributed by atoms with Crippen molar-refractivity contribution in [1.29, 1.82) is 0 Å². The van der Waals surface area contributed by atoms with E-state index in [1.165, 1.54) is 31.2 Å². The average molecular weight is 335 g/mol. The molecule has 0 aliphatic carbocycles. The second-order valence-electron chi connectivity index (χ2n) is 4.51. The van der Waals surface area contributed by atoms with Crippen LogP contribution in [-0.2, 0) is 10.0 Å². The van der Waals surface area contributed by atoms with Gasteiger partial charge in [-0.05, 0) is 32.1 Å². The lowest BCUT2D eigenvalue weighted by Gasteiger charge is -2.18. The Hall–Kier alpha value is -0.950. The lowest BCUT2D eigenvalue weighted by Crippen LogP contribution is -2.34. The van der Waals surface area contributed by atoms with Gasteiger partial charge in [-0.2, -0.15) is 0 Å². The molecule has 0 atom stereocenters. The van der Waals surface area contributed by atoms with E-state index in [2.05, 4.69) is 9.62 Å². The molecule has 0 aliphatic rings. The molecular weight excluding hydrogens is 312 g/mol. The summed E-state index contributed by atoms with van der Waals surface area (Å²) < 4.78 is 26.7. The first-order valence-electron chi connectivity index (χ1n) is 6.73. The first-order valence-corrected chi connectivity index (χ1v) is 8.22. The normalized spacial score (nSPS) is 11.2. The number of carbonyl (C=O) groups excluding carboxylic acids is 1. The SMILES string of the molecule is CCN(CC)CCNS(=O)(=O)c1ccc(C(C)=O)cc1.Cl. The molecule has 1 rings (SSSR count). The van der Waals surface area contributed by atoms with Crippen molar-refractivity contribution in [3.63, 3.8) is 0 Å². The molecule has 1 aromatic carbocycles. The van der Waals surface area contributed by atoms with E-state index < -0.39 is 10.0 Å². The van der Waals surface area contributed by atoms with Gasteiger partial charge in [0.15, 0.2) is 5.78 Å². The van der Waals surface area contributed by atoms with Gasteiger partial charge >= 0.3 is 0 Å². The molecule has 0 bridgehead atoms. The highest BCUT2D eigenvalue weighted by Gasteiger charge is 2.14. The molecule has 0 heterocycles. The number of ketones is 1. The fraction of sp³-hybridized carbons (Fsp3) is 0.500. The van der Waals surface area contributed by atoms with Gasteiger partial charge in [-0.15, -0.1) is 12.4 Å². The molecule has 7 heteroatoms. The van der Waals surface area contributed by atoms with Crippen LogP contribution < -0.4 is 4.72 Å². The zero-order chi connectivity index (χ0) is 15.2. The summed E-state index contributed by atoms with van der Waals surface area (Å²) in [4.78, 5) is 13.5. The Morgan fingerprint density at radius 3 is 2.10 bits per heavy atom. The molecule has 0 unspecified atom stereocenters. The predicted molar refractivity (Wildman–Crippen MR) is 86.7 cm³/mol. The number of rotatable bonds is 8. The maximum atomic E-state index is 12.1. The van der Waals surface area contributed by atoms with E-state index in [4.69, 9.17) is 0 Å². The molecule has 0 aromatic heterocycles. The Labute approximate surface area is 133 Å². The molecule has 21 heavy (non-hydrogen) atoms. The average Bonchev–Trinajstić information content (AvgIpc) is 2.43. The lowest BCUT2D eigenvalue weighted by atomic mass is 10.2. The Balaban J connectivity index is 0.00000400. The van der Waals surface area contributed by atoms with Crippen molar-refractivity contribution < 1.29 is 13.2 Å². The predicted octanol–water partition coefficient (Wildman–Crippen LogP) is 1.93. The molecule has 0 spiro atoms. The monoisotopic (exact) mass is 334 g/mol. The number of nitrogens with one attached hydrogen (secondary N) is 1. The first kappa shape index (κ1) is 20.1. The van der Waals surface area contributed by atoms with Crippen LogP contribution in [-0.4, -0.2) is 45.3 Å². The molecule has 0 radical (unpaired) electrons. The summed E-state index contributed by atoms with van der Waals surface area (Å²) >= 11 is 0. The smallest absolute Gasteiger partial charge is 0.240 e. The quantitative estimate of drug-likeness (QED) is 0.738. The van der Waals surface area contributed by atoms with Gasteiger partial charge in [0.05, 0.1) is 4.90 Å². The number of sulfonamides is 1. The van der Waals surface area contributed by atoms with Crippen LogP contribution in [0.1, 0.15) is 31.1 Å². The minimum absolute atomic E-state index is 0. The van der Waals surface area contributed by atoms with E-state index in [-0.39, 0.29) is 23.1 Å². The lowest BCUT2D eigenvalue weighted by molar-refractivity contribution is 0.101. The summed E-state index contributed by atoms with van der Waals surface area (Å²) in [6.45, 7) is 8.37. The molecule has 0 aliphatic heterocycles. The van der Waals surface area contributed by atoms with Crippen molar-refractivity contribution in [3.05, 3.63) is 29.8 Å². The number of carbonyl (C=O) groups is 1. The Morgan fingerprint density at radius 2 is 1.67 bits per heavy atom. The van der Waals surface area contributed by atoms with Crippen molar-refractivity contribution in [1.82, 2.24) is 9.62 Å². The minimum Gasteiger partial charge on any atom is -0.303 e. The van der Waals surface area contributed by atoms with Crippen LogP contribution in [0.5, 0.6) is 0 Å². The summed E-state index contributed by atoms with van der Waals surface area (Å²) in [6.07, 6.45) is 0. The van der Waals surface area contributed by atoms with Crippen LogP contribution in [0.2, 0.25) is 0 Å². The third-order valence-corrected chi connectivity index (χ3v) is 4.66. The standard InChI is InChI=1S/C14H22N2O3S.ClH/c1-4-16(5-2)11-10-15-20(18,19)14-8-6-13(7-9-14)12(3)17;/h6-9,15H,4-5,10-11H2,1-3H3;1H. The summed E-state index contributed by atoms with van der Waals surface area (Å²) in [5.41, 5.74) is 0.507. The minimum atomic E-state index is -3.50. The number of likely N-dealkylation sites (N-methyl/N-ethyl adjacent to an activating group) is 1. The second kappa shape index (κ2) is 9.15. The van der Waals surface area contributed by atoms with E-state index in [1.807, 2.05) is 13.8 Å². The Bertz CT molecular complexity index is 540. The van der Waals surface area contributed by atoms with Crippen LogP contribution in [0.3, 0.4) is 0 Å². The molecule has 1 N–H and O–H groups in total. The molecule has 0 amide bonds. The number of nitrogens with zero attached hydrogens (tertiary/aromatic N) is 1. The third kappa shape index (κ3) is 6.13. The largest absolute Gasteiger partial charge is 0.303 e. The Kier molecular flexibility index (Phi) is 8.73. The molecule has 120 valence electrons. The summed E-state index contributed by atoms with van der Waals surface area (Å²) in [6, 6.07) is 5.97. The maximum absolute atomic E-state index is 12.1. The topological polar surface area (TPSA) is 66.5 Å². The van der Waals surface area contributed by atoms with Gasteiger partial charge in [0, 0.05) is 18.7 Å². The molecule has 0 fully saturated rings. The van der Waals surface area contributed by atoms with Gasteiger partial charge < -0.3 is 4.90 Å². The van der Waals surface area contributed by atoms with Gasteiger partial charge in [-0.1, -0.05) is 26.0 Å². The zero-order valence-corrected chi connectivity index (χ0v) is 14.3. The van der Waals surface area contributed by atoms with Crippen LogP contribution in [0.4, 0.5) is 0 Å². The van der Waals surface area contributed by atoms with Crippen molar-refractivity contribution in [2.75, 3.05) is 26.2 Å². The van der Waals surface area contributed by atoms with Crippen LogP contribution >= 0.6 is 12.4 Å². The van der Waals surface area contributed by atoms with Gasteiger partial charge in [-0.25, -0.2) is 13.1 Å². The van der Waals surface area contributed by atoms with Crippen molar-refractivity contribution >= 4 is 28.2 Å². The number of hydrogen-bond acceptors (Lipinski definition) is 4. The number of benzene rings is 1. The number of Topliss-reactive ketones (excluding diaryl/α,β-unsaturated/α-hetero) is 1. The van der Waals surface area contributed by atoms with E-state index in [9.17, 15) is 13.2 Å². The van der Waals surface area contributed by atoms with Crippen LogP contribution in [0, 0.1) is 0 Å². The Morgan fingerprint density at radius 1 is 1.14 bits per heavy atom. The van der Waals surface area contributed by atoms with Crippen molar-refractivity contribution in [2.45, 2.75) is 25.7 Å². The second-order valence-corrected chi connectivity index (χ2v) is 6.27. The van der Waals surface area contributed by atoms with E-state index in [0.29, 0.717) is 18.7 Å². The highest BCUT2D eigenvalue weighted by atomic mass is 35.5. The number of halogens is 1. The maximum Gasteiger partial charge on any atom is 0.240 e. The van der Waals surface area contributed by atoms with Gasteiger partial charge in [-0.3, -0.25) is 4.79 Å². The molecule has 0 saturated heterocycles. The summed E-state index contributed by atoms with van der Waals surface area (Å²) in [7, 11) is -3.50. The molecule has 5 nitrogen and oxygen atoms in total. The molecule has 0 saturated carbocycles. The van der Waals surface area contributed by atoms with Crippen molar-refractivity contribution in [3.8, 4) is 0 Å². The summed E-state index contributed by atoms with van der Waals surface area (Å²) in [5.74, 6) is -0.0801. The van der Waals surface area contributed by atoms with E-state index in [0.717, 1.165) is 13.1 Å². The van der Waals surface area contributed by atoms with Crippen LogP contribution in [0.15, 0.2) is 29.2 Å². The zero-order valence-electron chi connectivity index (χ0n) is 12.6. The first-order chi connectivity index (χ1) is 9.40. The van der Waals surface area contributed by atoms with E-state index >= 15 is 0 Å². The molecular formula is C14H23ClN2O3S.